The van der Waals surface area contributed by atoms with Gasteiger partial charge in [0.1, 0.15) is 6.26 Å². The summed E-state index contributed by atoms with van der Waals surface area (Å²) >= 11 is 0. The van der Waals surface area contributed by atoms with Crippen molar-refractivity contribution in [2.75, 3.05) is 5.32 Å². The van der Waals surface area contributed by atoms with Gasteiger partial charge in [0.2, 0.25) is 5.91 Å². The highest BCUT2D eigenvalue weighted by molar-refractivity contribution is 5.93. The predicted molar refractivity (Wildman–Crippen MR) is 67.5 cm³/mol. The highest BCUT2D eigenvalue weighted by Crippen LogP contribution is 2.17. The summed E-state index contributed by atoms with van der Waals surface area (Å²) in [7, 11) is 0. The Bertz CT molecular complexity index is 717. The largest absolute Gasteiger partial charge is 0.364 e. The maximum atomic E-state index is 11.8. The van der Waals surface area contributed by atoms with Crippen molar-refractivity contribution in [3.05, 3.63) is 36.0 Å². The second-order valence-electron chi connectivity index (χ2n) is 4.16. The standard InChI is InChI=1S/C12H11N5O2/c1-7-10-4-9(6-13-12(10)16-15-7)14-11(18)5-8-2-3-19-17-8/h2-4,6H,5H2,1H3,(H,14,18)(H,13,15,16). The second kappa shape index (κ2) is 4.52. The van der Waals surface area contributed by atoms with Crippen LogP contribution in [0.5, 0.6) is 0 Å². The molecule has 0 aliphatic heterocycles. The summed E-state index contributed by atoms with van der Waals surface area (Å²) in [5.41, 5.74) is 2.76. The molecule has 3 aromatic heterocycles. The summed E-state index contributed by atoms with van der Waals surface area (Å²) in [6.07, 6.45) is 3.17. The first-order valence-corrected chi connectivity index (χ1v) is 5.72. The molecule has 7 nitrogen and oxygen atoms in total. The molecule has 3 aromatic rings. The molecule has 0 saturated carbocycles. The number of nitrogens with zero attached hydrogens (tertiary/aromatic N) is 3. The maximum Gasteiger partial charge on any atom is 0.230 e. The molecular formula is C12H11N5O2. The van der Waals surface area contributed by atoms with Gasteiger partial charge in [0.15, 0.2) is 5.65 Å². The number of fused-ring (bicyclic) bond motifs is 1. The summed E-state index contributed by atoms with van der Waals surface area (Å²) in [5.74, 6) is -0.170. The lowest BCUT2D eigenvalue weighted by molar-refractivity contribution is -0.115. The van der Waals surface area contributed by atoms with E-state index in [0.29, 0.717) is 17.0 Å². The van der Waals surface area contributed by atoms with Gasteiger partial charge in [-0.1, -0.05) is 5.16 Å². The molecule has 19 heavy (non-hydrogen) atoms. The van der Waals surface area contributed by atoms with Gasteiger partial charge in [0.05, 0.1) is 24.0 Å². The van der Waals surface area contributed by atoms with Crippen LogP contribution in [0.3, 0.4) is 0 Å². The topological polar surface area (TPSA) is 96.7 Å². The number of carbonyl (C=O) groups is 1. The highest BCUT2D eigenvalue weighted by atomic mass is 16.5. The average Bonchev–Trinajstić information content (AvgIpc) is 3.00. The molecule has 0 spiro atoms. The van der Waals surface area contributed by atoms with Crippen LogP contribution in [0.15, 0.2) is 29.1 Å². The third-order valence-electron chi connectivity index (χ3n) is 2.72. The van der Waals surface area contributed by atoms with Crippen LogP contribution in [0.25, 0.3) is 11.0 Å². The van der Waals surface area contributed by atoms with E-state index in [1.807, 2.05) is 13.0 Å². The van der Waals surface area contributed by atoms with Gasteiger partial charge in [0, 0.05) is 17.1 Å². The molecule has 7 heteroatoms. The molecule has 96 valence electrons. The molecule has 0 aliphatic rings. The van der Waals surface area contributed by atoms with Crippen LogP contribution < -0.4 is 5.32 Å². The van der Waals surface area contributed by atoms with Gasteiger partial charge in [0.25, 0.3) is 0 Å². The van der Waals surface area contributed by atoms with Crippen LogP contribution in [0.4, 0.5) is 5.69 Å². The fourth-order valence-electron chi connectivity index (χ4n) is 1.79. The molecule has 0 atom stereocenters. The van der Waals surface area contributed by atoms with Gasteiger partial charge in [-0.2, -0.15) is 5.10 Å². The molecule has 0 bridgehead atoms. The first-order chi connectivity index (χ1) is 9.22. The molecular weight excluding hydrogens is 246 g/mol. The predicted octanol–water partition coefficient (Wildman–Crippen LogP) is 1.44. The van der Waals surface area contributed by atoms with Crippen molar-refractivity contribution < 1.29 is 9.32 Å². The normalized spacial score (nSPS) is 10.8. The van der Waals surface area contributed by atoms with Gasteiger partial charge >= 0.3 is 0 Å². The molecule has 0 radical (unpaired) electrons. The minimum absolute atomic E-state index is 0.166. The number of amides is 1. The Morgan fingerprint density at radius 3 is 3.21 bits per heavy atom. The molecule has 0 saturated heterocycles. The molecule has 2 N–H and O–H groups in total. The van der Waals surface area contributed by atoms with Gasteiger partial charge in [-0.15, -0.1) is 0 Å². The van der Waals surface area contributed by atoms with Crippen LogP contribution in [0.2, 0.25) is 0 Å². The number of rotatable bonds is 3. The number of carbonyl (C=O) groups excluding carboxylic acids is 1. The van der Waals surface area contributed by atoms with E-state index in [4.69, 9.17) is 0 Å². The number of anilines is 1. The van der Waals surface area contributed by atoms with E-state index in [9.17, 15) is 4.79 Å². The lowest BCUT2D eigenvalue weighted by Gasteiger charge is -2.03. The Hall–Kier alpha value is -2.70. The van der Waals surface area contributed by atoms with E-state index >= 15 is 0 Å². The molecule has 0 aromatic carbocycles. The zero-order valence-electron chi connectivity index (χ0n) is 10.2. The third kappa shape index (κ3) is 2.30. The minimum Gasteiger partial charge on any atom is -0.364 e. The monoisotopic (exact) mass is 257 g/mol. The zero-order valence-corrected chi connectivity index (χ0v) is 10.2. The first-order valence-electron chi connectivity index (χ1n) is 5.72. The molecule has 0 unspecified atom stereocenters. The number of pyridine rings is 1. The second-order valence-corrected chi connectivity index (χ2v) is 4.16. The summed E-state index contributed by atoms with van der Waals surface area (Å²) in [5, 5.41) is 14.2. The van der Waals surface area contributed by atoms with Gasteiger partial charge < -0.3 is 9.84 Å². The summed E-state index contributed by atoms with van der Waals surface area (Å²) in [6.45, 7) is 1.90. The highest BCUT2D eigenvalue weighted by Gasteiger charge is 2.09. The SMILES string of the molecule is Cc1[nH]nc2ncc(NC(=O)Cc3ccon3)cc12. The van der Waals surface area contributed by atoms with Crippen LogP contribution in [-0.2, 0) is 11.2 Å². The van der Waals surface area contributed by atoms with E-state index in [-0.39, 0.29) is 12.3 Å². The van der Waals surface area contributed by atoms with Gasteiger partial charge in [-0.25, -0.2) is 4.98 Å². The fourth-order valence-corrected chi connectivity index (χ4v) is 1.79. The summed E-state index contributed by atoms with van der Waals surface area (Å²) in [6, 6.07) is 3.49. The van der Waals surface area contributed by atoms with Crippen LogP contribution >= 0.6 is 0 Å². The smallest absolute Gasteiger partial charge is 0.230 e. The maximum absolute atomic E-state index is 11.8. The molecule has 0 fully saturated rings. The fraction of sp³-hybridized carbons (Fsp3) is 0.167. The van der Waals surface area contributed by atoms with E-state index in [2.05, 4.69) is 30.2 Å². The van der Waals surface area contributed by atoms with Crippen molar-refractivity contribution in [3.63, 3.8) is 0 Å². The zero-order chi connectivity index (χ0) is 13.2. The van der Waals surface area contributed by atoms with E-state index in [1.54, 1.807) is 12.3 Å². The number of aromatic nitrogens is 4. The van der Waals surface area contributed by atoms with Crippen molar-refractivity contribution in [2.24, 2.45) is 0 Å². The Morgan fingerprint density at radius 1 is 1.53 bits per heavy atom. The minimum atomic E-state index is -0.170. The van der Waals surface area contributed by atoms with E-state index in [0.717, 1.165) is 11.1 Å². The quantitative estimate of drug-likeness (QED) is 0.739. The van der Waals surface area contributed by atoms with Crippen LogP contribution in [0.1, 0.15) is 11.4 Å². The third-order valence-corrected chi connectivity index (χ3v) is 2.72. The Morgan fingerprint density at radius 2 is 2.42 bits per heavy atom. The summed E-state index contributed by atoms with van der Waals surface area (Å²) < 4.78 is 4.67. The number of hydrogen-bond acceptors (Lipinski definition) is 5. The van der Waals surface area contributed by atoms with E-state index in [1.165, 1.54) is 6.26 Å². The number of aryl methyl sites for hydroxylation is 1. The number of hydrogen-bond donors (Lipinski definition) is 2. The first kappa shape index (κ1) is 11.4. The van der Waals surface area contributed by atoms with Gasteiger partial charge in [-0.3, -0.25) is 9.89 Å². The molecule has 1 amide bonds. The Labute approximate surface area is 108 Å². The average molecular weight is 257 g/mol. The van der Waals surface area contributed by atoms with Gasteiger partial charge in [-0.05, 0) is 13.0 Å². The van der Waals surface area contributed by atoms with Crippen molar-refractivity contribution in [2.45, 2.75) is 13.3 Å². The lowest BCUT2D eigenvalue weighted by atomic mass is 10.2. The number of H-pyrrole nitrogens is 1. The number of nitrogens with one attached hydrogen (secondary N) is 2. The van der Waals surface area contributed by atoms with Crippen molar-refractivity contribution >= 4 is 22.6 Å². The van der Waals surface area contributed by atoms with Crippen LogP contribution in [-0.4, -0.2) is 26.2 Å². The van der Waals surface area contributed by atoms with Crippen molar-refractivity contribution in [3.8, 4) is 0 Å². The molecule has 3 heterocycles. The van der Waals surface area contributed by atoms with Crippen molar-refractivity contribution in [1.82, 2.24) is 20.3 Å². The van der Waals surface area contributed by atoms with E-state index < -0.39 is 0 Å². The lowest BCUT2D eigenvalue weighted by Crippen LogP contribution is -2.14. The van der Waals surface area contributed by atoms with Crippen LogP contribution in [0, 0.1) is 6.92 Å². The summed E-state index contributed by atoms with van der Waals surface area (Å²) in [4.78, 5) is 16.0. The Balaban J connectivity index is 1.77. The number of aromatic amines is 1. The Kier molecular flexibility index (Phi) is 2.71. The van der Waals surface area contributed by atoms with Crippen molar-refractivity contribution in [1.29, 1.82) is 0 Å². The molecule has 3 rings (SSSR count). The molecule has 0 aliphatic carbocycles.